The lowest BCUT2D eigenvalue weighted by atomic mass is 10.00. The third-order valence-electron chi connectivity index (χ3n) is 3.42. The SMILES string of the molecule is COC(=O)NN=C1CCCCCCCCCCC1. The molecule has 0 radical (unpaired) electrons. The van der Waals surface area contributed by atoms with Crippen molar-refractivity contribution in [1.29, 1.82) is 0 Å². The van der Waals surface area contributed by atoms with Crippen molar-refractivity contribution in [3.8, 4) is 0 Å². The summed E-state index contributed by atoms with van der Waals surface area (Å²) in [6, 6.07) is 0. The largest absolute Gasteiger partial charge is 0.452 e. The monoisotopic (exact) mass is 254 g/mol. The molecule has 0 aromatic heterocycles. The molecule has 4 nitrogen and oxygen atoms in total. The Hall–Kier alpha value is -1.06. The van der Waals surface area contributed by atoms with E-state index in [9.17, 15) is 4.79 Å². The van der Waals surface area contributed by atoms with Crippen LogP contribution in [0.4, 0.5) is 4.79 Å². The van der Waals surface area contributed by atoms with Gasteiger partial charge in [-0.05, 0) is 25.7 Å². The third-order valence-corrected chi connectivity index (χ3v) is 3.42. The van der Waals surface area contributed by atoms with E-state index in [0.717, 1.165) is 18.6 Å². The summed E-state index contributed by atoms with van der Waals surface area (Å²) in [6.07, 6.45) is 13.2. The van der Waals surface area contributed by atoms with E-state index in [1.165, 1.54) is 64.9 Å². The smallest absolute Gasteiger partial charge is 0.427 e. The van der Waals surface area contributed by atoms with Gasteiger partial charge in [0.25, 0.3) is 0 Å². The predicted octanol–water partition coefficient (Wildman–Crippen LogP) is 4.00. The lowest BCUT2D eigenvalue weighted by Crippen LogP contribution is -2.19. The molecule has 0 aromatic rings. The quantitative estimate of drug-likeness (QED) is 0.719. The third kappa shape index (κ3) is 7.30. The lowest BCUT2D eigenvalue weighted by molar-refractivity contribution is 0.171. The number of ether oxygens (including phenoxy) is 1. The van der Waals surface area contributed by atoms with E-state index in [0.29, 0.717) is 0 Å². The minimum absolute atomic E-state index is 0.478. The second-order valence-corrected chi connectivity index (χ2v) is 4.96. The van der Waals surface area contributed by atoms with Crippen LogP contribution in [0.1, 0.15) is 70.6 Å². The highest BCUT2D eigenvalue weighted by molar-refractivity contribution is 5.85. The second kappa shape index (κ2) is 9.92. The number of carbonyl (C=O) groups is 1. The van der Waals surface area contributed by atoms with E-state index < -0.39 is 6.09 Å². The van der Waals surface area contributed by atoms with E-state index in [2.05, 4.69) is 15.3 Å². The molecule has 4 heteroatoms. The van der Waals surface area contributed by atoms with Crippen LogP contribution < -0.4 is 5.43 Å². The molecule has 104 valence electrons. The second-order valence-electron chi connectivity index (χ2n) is 4.96. The Balaban J connectivity index is 2.38. The first-order valence-electron chi connectivity index (χ1n) is 7.22. The van der Waals surface area contributed by atoms with Gasteiger partial charge >= 0.3 is 6.09 Å². The van der Waals surface area contributed by atoms with E-state index in [1.54, 1.807) is 0 Å². The maximum atomic E-state index is 11.0. The van der Waals surface area contributed by atoms with Crippen molar-refractivity contribution in [1.82, 2.24) is 5.43 Å². The highest BCUT2D eigenvalue weighted by atomic mass is 16.5. The van der Waals surface area contributed by atoms with Gasteiger partial charge in [0.05, 0.1) is 7.11 Å². The first-order valence-corrected chi connectivity index (χ1v) is 7.22. The maximum Gasteiger partial charge on any atom is 0.427 e. The van der Waals surface area contributed by atoms with Crippen molar-refractivity contribution >= 4 is 11.8 Å². The maximum absolute atomic E-state index is 11.0. The molecule has 1 amide bonds. The van der Waals surface area contributed by atoms with E-state index in [4.69, 9.17) is 0 Å². The molecular formula is C14H26N2O2. The summed E-state index contributed by atoms with van der Waals surface area (Å²) < 4.78 is 4.52. The average molecular weight is 254 g/mol. The van der Waals surface area contributed by atoms with Gasteiger partial charge in [0.15, 0.2) is 0 Å². The van der Waals surface area contributed by atoms with Crippen molar-refractivity contribution < 1.29 is 9.53 Å². The van der Waals surface area contributed by atoms with Crippen molar-refractivity contribution in [2.24, 2.45) is 5.10 Å². The van der Waals surface area contributed by atoms with Crippen LogP contribution in [0.15, 0.2) is 5.10 Å². The van der Waals surface area contributed by atoms with E-state index in [1.807, 2.05) is 0 Å². The fourth-order valence-electron chi connectivity index (χ4n) is 2.30. The molecule has 0 saturated heterocycles. The number of hydrazone groups is 1. The van der Waals surface area contributed by atoms with Crippen LogP contribution in [0.25, 0.3) is 0 Å². The topological polar surface area (TPSA) is 50.7 Å². The first-order chi connectivity index (χ1) is 8.83. The summed E-state index contributed by atoms with van der Waals surface area (Å²) in [5.74, 6) is 0. The minimum Gasteiger partial charge on any atom is -0.452 e. The fraction of sp³-hybridized carbons (Fsp3) is 0.857. The summed E-state index contributed by atoms with van der Waals surface area (Å²) in [7, 11) is 1.36. The van der Waals surface area contributed by atoms with Gasteiger partial charge in [0.1, 0.15) is 0 Å². The lowest BCUT2D eigenvalue weighted by Gasteiger charge is -2.09. The molecule has 0 bridgehead atoms. The standard InChI is InChI=1S/C14H26N2O2/c1-18-14(17)16-15-13-11-9-7-5-3-2-4-6-8-10-12-13/h2-12H2,1H3,(H,16,17). The van der Waals surface area contributed by atoms with Gasteiger partial charge < -0.3 is 4.74 Å². The molecule has 0 atom stereocenters. The van der Waals surface area contributed by atoms with Gasteiger partial charge in [0.2, 0.25) is 0 Å². The Morgan fingerprint density at radius 1 is 0.944 bits per heavy atom. The van der Waals surface area contributed by atoms with Gasteiger partial charge in [-0.3, -0.25) is 0 Å². The zero-order valence-electron chi connectivity index (χ0n) is 11.5. The van der Waals surface area contributed by atoms with Crippen LogP contribution in [0.5, 0.6) is 0 Å². The van der Waals surface area contributed by atoms with Gasteiger partial charge in [-0.1, -0.05) is 44.9 Å². The molecule has 0 aliphatic heterocycles. The average Bonchev–Trinajstić information content (AvgIpc) is 2.37. The molecule has 0 heterocycles. The molecule has 1 aliphatic rings. The minimum atomic E-state index is -0.478. The summed E-state index contributed by atoms with van der Waals surface area (Å²) in [4.78, 5) is 11.0. The zero-order chi connectivity index (χ0) is 13.1. The molecule has 1 rings (SSSR count). The Labute approximate surface area is 110 Å². The molecule has 0 unspecified atom stereocenters. The Bertz CT molecular complexity index is 251. The highest BCUT2D eigenvalue weighted by Crippen LogP contribution is 2.15. The van der Waals surface area contributed by atoms with Crippen molar-refractivity contribution in [3.63, 3.8) is 0 Å². The predicted molar refractivity (Wildman–Crippen MR) is 73.8 cm³/mol. The number of amides is 1. The number of carbonyl (C=O) groups excluding carboxylic acids is 1. The summed E-state index contributed by atoms with van der Waals surface area (Å²) in [5.41, 5.74) is 3.55. The Kier molecular flexibility index (Phi) is 8.26. The fourth-order valence-corrected chi connectivity index (χ4v) is 2.30. The van der Waals surface area contributed by atoms with Crippen molar-refractivity contribution in [2.45, 2.75) is 70.6 Å². The molecular weight excluding hydrogens is 228 g/mol. The summed E-state index contributed by atoms with van der Waals surface area (Å²) in [5, 5.41) is 4.17. The molecule has 0 aromatic carbocycles. The van der Waals surface area contributed by atoms with Crippen molar-refractivity contribution in [2.75, 3.05) is 7.11 Å². The van der Waals surface area contributed by atoms with Crippen LogP contribution in [-0.2, 0) is 4.74 Å². The molecule has 1 saturated carbocycles. The van der Waals surface area contributed by atoms with Gasteiger partial charge in [-0.15, -0.1) is 0 Å². The van der Waals surface area contributed by atoms with Crippen LogP contribution >= 0.6 is 0 Å². The van der Waals surface area contributed by atoms with Gasteiger partial charge in [0, 0.05) is 5.71 Å². The molecule has 0 spiro atoms. The molecule has 18 heavy (non-hydrogen) atoms. The first kappa shape index (κ1) is 15.0. The van der Waals surface area contributed by atoms with Gasteiger partial charge in [-0.25, -0.2) is 10.2 Å². The normalized spacial score (nSPS) is 19.3. The number of hydrogen-bond acceptors (Lipinski definition) is 3. The Morgan fingerprint density at radius 2 is 1.39 bits per heavy atom. The van der Waals surface area contributed by atoms with Crippen molar-refractivity contribution in [3.05, 3.63) is 0 Å². The number of nitrogens with zero attached hydrogens (tertiary/aromatic N) is 1. The van der Waals surface area contributed by atoms with Crippen LogP contribution in [0.3, 0.4) is 0 Å². The summed E-state index contributed by atoms with van der Waals surface area (Å²) >= 11 is 0. The molecule has 1 fully saturated rings. The van der Waals surface area contributed by atoms with Gasteiger partial charge in [-0.2, -0.15) is 5.10 Å². The Morgan fingerprint density at radius 3 is 1.83 bits per heavy atom. The zero-order valence-corrected chi connectivity index (χ0v) is 11.5. The summed E-state index contributed by atoms with van der Waals surface area (Å²) in [6.45, 7) is 0. The number of rotatable bonds is 1. The molecule has 1 aliphatic carbocycles. The van der Waals surface area contributed by atoms with Crippen LogP contribution in [-0.4, -0.2) is 18.9 Å². The van der Waals surface area contributed by atoms with Crippen LogP contribution in [0, 0.1) is 0 Å². The molecule has 1 N–H and O–H groups in total. The number of methoxy groups -OCH3 is 1. The number of hydrogen-bond donors (Lipinski definition) is 1. The number of nitrogens with one attached hydrogen (secondary N) is 1. The van der Waals surface area contributed by atoms with Crippen LogP contribution in [0.2, 0.25) is 0 Å². The van der Waals surface area contributed by atoms with E-state index in [-0.39, 0.29) is 0 Å². The highest BCUT2D eigenvalue weighted by Gasteiger charge is 2.04. The van der Waals surface area contributed by atoms with E-state index >= 15 is 0 Å².